The molecule has 1 fully saturated rings. The number of hydrogen-bond donors (Lipinski definition) is 0. The molecule has 5 nitrogen and oxygen atoms in total. The van der Waals surface area contributed by atoms with Crippen LogP contribution in [0.15, 0.2) is 36.4 Å². The zero-order valence-electron chi connectivity index (χ0n) is 14.0. The van der Waals surface area contributed by atoms with Crippen molar-refractivity contribution in [1.82, 2.24) is 0 Å². The van der Waals surface area contributed by atoms with Crippen molar-refractivity contribution in [2.24, 2.45) is 0 Å². The highest BCUT2D eigenvalue weighted by atomic mass is 35.5. The number of anilines is 1. The minimum atomic E-state index is -0.561. The largest absolute Gasteiger partial charge is 0.493 e. The van der Waals surface area contributed by atoms with Gasteiger partial charge < -0.3 is 9.47 Å². The first-order chi connectivity index (χ1) is 12.4. The van der Waals surface area contributed by atoms with E-state index in [4.69, 9.17) is 32.7 Å². The van der Waals surface area contributed by atoms with Crippen molar-refractivity contribution >= 4 is 51.8 Å². The maximum Gasteiger partial charge on any atom is 0.293 e. The van der Waals surface area contributed by atoms with Gasteiger partial charge in [0.15, 0.2) is 11.5 Å². The van der Waals surface area contributed by atoms with E-state index in [1.54, 1.807) is 36.4 Å². The number of imide groups is 1. The van der Waals surface area contributed by atoms with Gasteiger partial charge in [0.25, 0.3) is 5.24 Å². The van der Waals surface area contributed by atoms with Gasteiger partial charge in [-0.15, -0.1) is 0 Å². The summed E-state index contributed by atoms with van der Waals surface area (Å²) in [5, 5.41) is 0.107. The van der Waals surface area contributed by atoms with Crippen LogP contribution in [-0.2, 0) is 11.2 Å². The summed E-state index contributed by atoms with van der Waals surface area (Å²) in [6, 6.07) is 9.93. The number of nitrogens with zero attached hydrogens (tertiary/aromatic N) is 1. The number of thioether (sulfide) groups is 1. The van der Waals surface area contributed by atoms with E-state index >= 15 is 0 Å². The molecular formula is C18H15Cl2NO4S. The maximum absolute atomic E-state index is 12.7. The highest BCUT2D eigenvalue weighted by Crippen LogP contribution is 2.38. The lowest BCUT2D eigenvalue weighted by molar-refractivity contribution is -0.117. The van der Waals surface area contributed by atoms with Gasteiger partial charge in [0, 0.05) is 16.1 Å². The molecule has 8 heteroatoms. The van der Waals surface area contributed by atoms with Crippen LogP contribution in [-0.4, -0.2) is 30.6 Å². The summed E-state index contributed by atoms with van der Waals surface area (Å²) in [5.41, 5.74) is 1.21. The first-order valence-corrected chi connectivity index (χ1v) is 9.28. The number of hydrogen-bond acceptors (Lipinski definition) is 5. The molecule has 1 atom stereocenters. The number of carbonyl (C=O) groups is 2. The molecule has 0 aromatic heterocycles. The molecule has 0 N–H and O–H groups in total. The molecule has 0 unspecified atom stereocenters. The maximum atomic E-state index is 12.7. The fourth-order valence-electron chi connectivity index (χ4n) is 2.66. The molecule has 0 spiro atoms. The normalized spacial score (nSPS) is 16.9. The summed E-state index contributed by atoms with van der Waals surface area (Å²) in [6.07, 6.45) is 0.304. The third-order valence-corrected chi connectivity index (χ3v) is 5.61. The van der Waals surface area contributed by atoms with Gasteiger partial charge in [-0.3, -0.25) is 9.59 Å². The third-order valence-electron chi connectivity index (χ3n) is 3.96. The van der Waals surface area contributed by atoms with Gasteiger partial charge in [-0.05, 0) is 42.3 Å². The van der Waals surface area contributed by atoms with Gasteiger partial charge in [-0.1, -0.05) is 35.0 Å². The number of amides is 2. The first kappa shape index (κ1) is 18.9. The second-order valence-corrected chi connectivity index (χ2v) is 7.52. The summed E-state index contributed by atoms with van der Waals surface area (Å²) < 4.78 is 10.5. The van der Waals surface area contributed by atoms with Crippen LogP contribution in [0.2, 0.25) is 10.0 Å². The molecule has 26 heavy (non-hydrogen) atoms. The predicted octanol–water partition coefficient (Wildman–Crippen LogP) is 4.82. The molecule has 2 amide bonds. The quantitative estimate of drug-likeness (QED) is 0.705. The molecule has 0 bridgehead atoms. The van der Waals surface area contributed by atoms with E-state index in [1.165, 1.54) is 19.1 Å². The van der Waals surface area contributed by atoms with Crippen LogP contribution in [0.1, 0.15) is 5.56 Å². The molecule has 0 saturated carbocycles. The Balaban J connectivity index is 1.84. The predicted molar refractivity (Wildman–Crippen MR) is 104 cm³/mol. The number of benzene rings is 2. The average molecular weight is 412 g/mol. The number of ether oxygens (including phenoxy) is 2. The van der Waals surface area contributed by atoms with E-state index < -0.39 is 5.25 Å². The highest BCUT2D eigenvalue weighted by Gasteiger charge is 2.40. The Morgan fingerprint density at radius 1 is 1.04 bits per heavy atom. The van der Waals surface area contributed by atoms with Gasteiger partial charge in [0.2, 0.25) is 5.91 Å². The van der Waals surface area contributed by atoms with Crippen LogP contribution in [0, 0.1) is 0 Å². The van der Waals surface area contributed by atoms with Crippen molar-refractivity contribution in [3.63, 3.8) is 0 Å². The molecule has 2 aromatic rings. The van der Waals surface area contributed by atoms with Crippen molar-refractivity contribution in [2.75, 3.05) is 19.1 Å². The molecule has 0 radical (unpaired) electrons. The van der Waals surface area contributed by atoms with Gasteiger partial charge in [-0.2, -0.15) is 0 Å². The van der Waals surface area contributed by atoms with Crippen molar-refractivity contribution in [3.8, 4) is 11.5 Å². The van der Waals surface area contributed by atoms with Crippen LogP contribution in [0.4, 0.5) is 10.5 Å². The third kappa shape index (κ3) is 3.63. The Morgan fingerprint density at radius 2 is 1.65 bits per heavy atom. The lowest BCUT2D eigenvalue weighted by Crippen LogP contribution is -2.32. The van der Waals surface area contributed by atoms with Crippen molar-refractivity contribution in [3.05, 3.63) is 52.0 Å². The highest BCUT2D eigenvalue weighted by molar-refractivity contribution is 8.15. The zero-order valence-corrected chi connectivity index (χ0v) is 16.3. The number of methoxy groups -OCH3 is 2. The SMILES string of the molecule is COc1cc(Cl)c(C[C@H]2SC(=O)N(c3ccc(Cl)cc3)C2=O)cc1OC. The Kier molecular flexibility index (Phi) is 5.65. The summed E-state index contributed by atoms with van der Waals surface area (Å²) in [7, 11) is 3.05. The van der Waals surface area contributed by atoms with Crippen molar-refractivity contribution < 1.29 is 19.1 Å². The molecule has 1 aliphatic rings. The second-order valence-electron chi connectivity index (χ2n) is 5.53. The van der Waals surface area contributed by atoms with Crippen LogP contribution in [0.5, 0.6) is 11.5 Å². The molecule has 3 rings (SSSR count). The summed E-state index contributed by atoms with van der Waals surface area (Å²) in [6.45, 7) is 0. The van der Waals surface area contributed by atoms with Crippen LogP contribution < -0.4 is 14.4 Å². The summed E-state index contributed by atoms with van der Waals surface area (Å²) in [4.78, 5) is 26.3. The smallest absolute Gasteiger partial charge is 0.293 e. The van der Waals surface area contributed by atoms with E-state index in [0.717, 1.165) is 11.8 Å². The average Bonchev–Trinajstić information content (AvgIpc) is 2.90. The molecule has 136 valence electrons. The molecule has 1 heterocycles. The zero-order chi connectivity index (χ0) is 18.8. The molecule has 0 aliphatic carbocycles. The topological polar surface area (TPSA) is 55.8 Å². The monoisotopic (exact) mass is 411 g/mol. The summed E-state index contributed by atoms with van der Waals surface area (Å²) >= 11 is 13.2. The van der Waals surface area contributed by atoms with Gasteiger partial charge >= 0.3 is 0 Å². The fourth-order valence-corrected chi connectivity index (χ4v) is 4.03. The van der Waals surface area contributed by atoms with Crippen LogP contribution in [0.25, 0.3) is 0 Å². The van der Waals surface area contributed by atoms with Gasteiger partial charge in [0.1, 0.15) is 0 Å². The minimum Gasteiger partial charge on any atom is -0.493 e. The molecule has 2 aromatic carbocycles. The van der Waals surface area contributed by atoms with E-state index in [2.05, 4.69) is 0 Å². The number of halogens is 2. The van der Waals surface area contributed by atoms with E-state index in [1.807, 2.05) is 0 Å². The Hall–Kier alpha value is -1.89. The number of rotatable bonds is 5. The summed E-state index contributed by atoms with van der Waals surface area (Å²) in [5.74, 6) is 0.738. The lowest BCUT2D eigenvalue weighted by Gasteiger charge is -2.15. The minimum absolute atomic E-state index is 0.284. The van der Waals surface area contributed by atoms with E-state index in [-0.39, 0.29) is 11.1 Å². The standard InChI is InChI=1S/C18H15Cl2NO4S/c1-24-14-7-10(13(20)9-15(14)25-2)8-16-17(22)21(18(23)26-16)12-5-3-11(19)4-6-12/h3-7,9,16H,8H2,1-2H3/t16-/m1/s1. The Morgan fingerprint density at radius 3 is 2.27 bits per heavy atom. The van der Waals surface area contributed by atoms with Crippen molar-refractivity contribution in [1.29, 1.82) is 0 Å². The van der Waals surface area contributed by atoms with E-state index in [9.17, 15) is 9.59 Å². The molecule has 1 saturated heterocycles. The Bertz CT molecular complexity index is 857. The van der Waals surface area contributed by atoms with Crippen LogP contribution >= 0.6 is 35.0 Å². The van der Waals surface area contributed by atoms with Gasteiger partial charge in [0.05, 0.1) is 25.2 Å². The van der Waals surface area contributed by atoms with Gasteiger partial charge in [-0.25, -0.2) is 4.90 Å². The Labute approximate surface area is 165 Å². The first-order valence-electron chi connectivity index (χ1n) is 7.65. The van der Waals surface area contributed by atoms with E-state index in [0.29, 0.717) is 39.2 Å². The molecular weight excluding hydrogens is 397 g/mol. The fraction of sp³-hybridized carbons (Fsp3) is 0.222. The second kappa shape index (κ2) is 7.78. The number of carbonyl (C=O) groups excluding carboxylic acids is 2. The van der Waals surface area contributed by atoms with Crippen molar-refractivity contribution in [2.45, 2.75) is 11.7 Å². The lowest BCUT2D eigenvalue weighted by atomic mass is 10.1. The molecule has 1 aliphatic heterocycles. The van der Waals surface area contributed by atoms with Crippen LogP contribution in [0.3, 0.4) is 0 Å².